The zero-order chi connectivity index (χ0) is 41.3. The van der Waals surface area contributed by atoms with E-state index in [1.165, 1.54) is 18.2 Å². The second-order valence-corrected chi connectivity index (χ2v) is 21.0. The molecule has 0 saturated carbocycles. The van der Waals surface area contributed by atoms with Crippen molar-refractivity contribution < 1.29 is 28.8 Å². The first-order valence-corrected chi connectivity index (χ1v) is 22.1. The van der Waals surface area contributed by atoms with Gasteiger partial charge in [0.05, 0.1) is 41.8 Å². The number of carbonyl (C=O) groups excluding carboxylic acids is 2. The van der Waals surface area contributed by atoms with E-state index in [9.17, 15) is 24.8 Å². The second-order valence-electron chi connectivity index (χ2n) is 16.7. The molecule has 10 heteroatoms. The molecule has 5 aromatic rings. The van der Waals surface area contributed by atoms with Crippen molar-refractivity contribution in [2.45, 2.75) is 51.2 Å². The summed E-state index contributed by atoms with van der Waals surface area (Å²) in [6, 6.07) is 44.0. The molecule has 2 aliphatic heterocycles. The standard InChI is InChI=1S/C49H48N2O7Si/c1-49(2,3)59(40-18-9-5-10-19-40,41-20-11-6-12-21-41)58-31-36-29-42-46(48(54)50(47(42)53)37-16-13-17-38(30-37)51(55)56)43-32-57-44(45(36)43)27-24-35(34-14-7-4-8-15-34)28-33-22-25-39(52)26-23-33/h4-23,25-26,28,30,42-44,46,52H,24,27,29,31-32H2,1-3H3/b35-28-/t42-,43+,44-,46-/m1/s1. The highest BCUT2D eigenvalue weighted by atomic mass is 28.4. The largest absolute Gasteiger partial charge is 0.508 e. The average Bonchev–Trinajstić information content (AvgIpc) is 3.78. The van der Waals surface area contributed by atoms with E-state index in [0.29, 0.717) is 19.3 Å². The van der Waals surface area contributed by atoms with Gasteiger partial charge in [0.2, 0.25) is 11.8 Å². The number of non-ortho nitro benzene ring substituents is 1. The number of nitrogens with zero attached hydrogens (tertiary/aromatic N) is 2. The molecule has 3 aliphatic rings. The van der Waals surface area contributed by atoms with Gasteiger partial charge in [0.15, 0.2) is 0 Å². The molecule has 2 saturated heterocycles. The maximum atomic E-state index is 14.5. The Kier molecular flexibility index (Phi) is 11.1. The van der Waals surface area contributed by atoms with Crippen LogP contribution in [0.25, 0.3) is 11.6 Å². The van der Waals surface area contributed by atoms with E-state index >= 15 is 0 Å². The average molecular weight is 805 g/mol. The molecule has 59 heavy (non-hydrogen) atoms. The molecule has 4 atom stereocenters. The van der Waals surface area contributed by atoms with E-state index in [1.807, 2.05) is 42.5 Å². The smallest absolute Gasteiger partial charge is 0.271 e. The number of benzene rings is 5. The Balaban J connectivity index is 1.19. The Morgan fingerprint density at radius 3 is 2.08 bits per heavy atom. The number of amides is 2. The summed E-state index contributed by atoms with van der Waals surface area (Å²) >= 11 is 0. The molecule has 2 amide bonds. The predicted molar refractivity (Wildman–Crippen MR) is 233 cm³/mol. The summed E-state index contributed by atoms with van der Waals surface area (Å²) in [5.74, 6) is -2.19. The van der Waals surface area contributed by atoms with E-state index in [0.717, 1.165) is 43.1 Å². The van der Waals surface area contributed by atoms with Crippen LogP contribution in [-0.2, 0) is 18.8 Å². The van der Waals surface area contributed by atoms with Crippen molar-refractivity contribution in [2.24, 2.45) is 17.8 Å². The number of hydrogen-bond acceptors (Lipinski definition) is 7. The Bertz CT molecular complexity index is 2370. The number of fused-ring (bicyclic) bond motifs is 3. The summed E-state index contributed by atoms with van der Waals surface area (Å²) < 4.78 is 14.2. The van der Waals surface area contributed by atoms with Crippen LogP contribution in [0.15, 0.2) is 151 Å². The normalized spacial score (nSPS) is 20.8. The molecular formula is C49H48N2O7Si. The second kappa shape index (κ2) is 16.4. The number of allylic oxidation sites excluding steroid dienone is 1. The Labute approximate surface area is 345 Å². The van der Waals surface area contributed by atoms with E-state index < -0.39 is 25.1 Å². The lowest BCUT2D eigenvalue weighted by Gasteiger charge is -2.44. The van der Waals surface area contributed by atoms with Crippen molar-refractivity contribution in [3.8, 4) is 5.75 Å². The molecule has 9 nitrogen and oxygen atoms in total. The number of hydrogen-bond donors (Lipinski definition) is 1. The third-order valence-corrected chi connectivity index (χ3v) is 17.2. The maximum Gasteiger partial charge on any atom is 0.271 e. The number of nitro groups is 1. The van der Waals surface area contributed by atoms with Gasteiger partial charge in [-0.15, -0.1) is 0 Å². The van der Waals surface area contributed by atoms with Gasteiger partial charge in [-0.05, 0) is 80.7 Å². The van der Waals surface area contributed by atoms with Gasteiger partial charge in [-0.1, -0.05) is 136 Å². The van der Waals surface area contributed by atoms with Crippen molar-refractivity contribution in [1.82, 2.24) is 0 Å². The number of rotatable bonds is 12. The third kappa shape index (κ3) is 7.59. The monoisotopic (exact) mass is 804 g/mol. The van der Waals surface area contributed by atoms with Crippen molar-refractivity contribution in [1.29, 1.82) is 0 Å². The van der Waals surface area contributed by atoms with E-state index in [1.54, 1.807) is 18.2 Å². The zero-order valence-corrected chi connectivity index (χ0v) is 34.5. The molecule has 0 aromatic heterocycles. The molecular weight excluding hydrogens is 757 g/mol. The fourth-order valence-corrected chi connectivity index (χ4v) is 14.1. The highest BCUT2D eigenvalue weighted by molar-refractivity contribution is 6.99. The molecule has 1 N–H and O–H groups in total. The summed E-state index contributed by atoms with van der Waals surface area (Å²) in [6.45, 7) is 7.24. The summed E-state index contributed by atoms with van der Waals surface area (Å²) in [4.78, 5) is 41.3. The topological polar surface area (TPSA) is 119 Å². The van der Waals surface area contributed by atoms with Gasteiger partial charge in [-0.2, -0.15) is 0 Å². The van der Waals surface area contributed by atoms with E-state index in [4.69, 9.17) is 9.16 Å². The van der Waals surface area contributed by atoms with E-state index in [-0.39, 0.29) is 59.2 Å². The minimum atomic E-state index is -3.00. The summed E-state index contributed by atoms with van der Waals surface area (Å²) in [6.07, 6.45) is 3.41. The predicted octanol–water partition coefficient (Wildman–Crippen LogP) is 8.72. The number of carbonyl (C=O) groups is 2. The van der Waals surface area contributed by atoms with Crippen LogP contribution < -0.4 is 15.3 Å². The van der Waals surface area contributed by atoms with Crippen LogP contribution in [0.3, 0.4) is 0 Å². The molecule has 2 fully saturated rings. The van der Waals surface area contributed by atoms with Gasteiger partial charge in [-0.25, -0.2) is 4.90 Å². The SMILES string of the molecule is CC(C)(C)[Si](OCC1=C2[C@@H](CC/C(=C/c3ccc(O)cc3)c3ccccc3)OC[C@@H]2[C@@H]2C(=O)N(c3cccc([N+](=O)[O-])c3)C(=O)[C@@H]2C1)(c1ccccc1)c1ccccc1. The van der Waals surface area contributed by atoms with Crippen molar-refractivity contribution in [2.75, 3.05) is 18.1 Å². The van der Waals surface area contributed by atoms with Gasteiger partial charge in [-0.3, -0.25) is 19.7 Å². The fraction of sp³-hybridized carbons (Fsp3) is 0.265. The maximum absolute atomic E-state index is 14.5. The van der Waals surface area contributed by atoms with Crippen LogP contribution in [0.5, 0.6) is 5.75 Å². The number of anilines is 1. The molecule has 0 radical (unpaired) electrons. The lowest BCUT2D eigenvalue weighted by Crippen LogP contribution is -2.66. The molecule has 0 spiro atoms. The van der Waals surface area contributed by atoms with Crippen LogP contribution in [0.1, 0.15) is 51.2 Å². The first-order valence-electron chi connectivity index (χ1n) is 20.2. The number of aromatic hydroxyl groups is 1. The minimum absolute atomic E-state index is 0.185. The number of ether oxygens (including phenoxy) is 1. The highest BCUT2D eigenvalue weighted by Gasteiger charge is 2.58. The molecule has 8 rings (SSSR count). The quantitative estimate of drug-likeness (QED) is 0.0335. The third-order valence-electron chi connectivity index (χ3n) is 12.2. The van der Waals surface area contributed by atoms with Gasteiger partial charge in [0.25, 0.3) is 14.0 Å². The van der Waals surface area contributed by atoms with Crippen molar-refractivity contribution in [3.63, 3.8) is 0 Å². The summed E-state index contributed by atoms with van der Waals surface area (Å²) in [5, 5.41) is 23.7. The number of phenols is 1. The van der Waals surface area contributed by atoms with Crippen LogP contribution in [0.2, 0.25) is 5.04 Å². The van der Waals surface area contributed by atoms with Gasteiger partial charge in [0.1, 0.15) is 5.75 Å². The van der Waals surface area contributed by atoms with Crippen LogP contribution in [-0.4, -0.2) is 49.5 Å². The molecule has 0 bridgehead atoms. The first-order chi connectivity index (χ1) is 28.5. The number of imide groups is 1. The Hall–Kier alpha value is -5.94. The molecule has 300 valence electrons. The summed E-state index contributed by atoms with van der Waals surface area (Å²) in [5.41, 5.74) is 5.18. The molecule has 5 aromatic carbocycles. The first kappa shape index (κ1) is 39.9. The van der Waals surface area contributed by atoms with Crippen LogP contribution >= 0.6 is 0 Å². The van der Waals surface area contributed by atoms with Gasteiger partial charge < -0.3 is 14.3 Å². The molecule has 1 aliphatic carbocycles. The minimum Gasteiger partial charge on any atom is -0.508 e. The summed E-state index contributed by atoms with van der Waals surface area (Å²) in [7, 11) is -3.00. The lowest BCUT2D eigenvalue weighted by molar-refractivity contribution is -0.384. The van der Waals surface area contributed by atoms with Crippen LogP contribution in [0.4, 0.5) is 11.4 Å². The van der Waals surface area contributed by atoms with Crippen molar-refractivity contribution >= 4 is 53.5 Å². The van der Waals surface area contributed by atoms with Gasteiger partial charge >= 0.3 is 0 Å². The van der Waals surface area contributed by atoms with Crippen LogP contribution in [0, 0.1) is 27.9 Å². The Morgan fingerprint density at radius 2 is 1.47 bits per heavy atom. The highest BCUT2D eigenvalue weighted by Crippen LogP contribution is 2.51. The van der Waals surface area contributed by atoms with Crippen molar-refractivity contribution in [3.05, 3.63) is 172 Å². The fourth-order valence-electron chi connectivity index (χ4n) is 9.57. The number of phenolic OH excluding ortho intramolecular Hbond substituents is 1. The Morgan fingerprint density at radius 1 is 0.847 bits per heavy atom. The molecule has 2 heterocycles. The lowest BCUT2D eigenvalue weighted by atomic mass is 9.69. The molecule has 0 unspecified atom stereocenters. The zero-order valence-electron chi connectivity index (χ0n) is 33.5. The number of nitro benzene ring substituents is 1. The van der Waals surface area contributed by atoms with E-state index in [2.05, 4.69) is 87.5 Å². The van der Waals surface area contributed by atoms with Gasteiger partial charge in [0, 0.05) is 18.1 Å².